The summed E-state index contributed by atoms with van der Waals surface area (Å²) in [5.41, 5.74) is 0.418. The van der Waals surface area contributed by atoms with Gasteiger partial charge in [0.05, 0.1) is 11.7 Å². The molecule has 0 unspecified atom stereocenters. The van der Waals surface area contributed by atoms with E-state index >= 15 is 0 Å². The molecule has 0 aromatic heterocycles. The Hall–Kier alpha value is -2.08. The van der Waals surface area contributed by atoms with E-state index in [2.05, 4.69) is 5.32 Å². The van der Waals surface area contributed by atoms with Gasteiger partial charge in [0.2, 0.25) is 0 Å². The summed E-state index contributed by atoms with van der Waals surface area (Å²) in [6.07, 6.45) is 8.65. The zero-order chi connectivity index (χ0) is 20.5. The standard InChI is InChI=1S/C24H31NO5/c26-22(25-23-18-9-15-8-16(11-18)12-19(23)10-15)14-30-24(27)17-3-5-20(6-4-17)29-13-21-2-1-7-28-21/h3-6,15-16,18-19,21,23H,1-2,7-14H2,(H,25,26)/t15?,16?,18?,19?,21-,23?/m0/s1. The van der Waals surface area contributed by atoms with E-state index in [1.54, 1.807) is 24.3 Å². The van der Waals surface area contributed by atoms with Crippen LogP contribution in [0.4, 0.5) is 0 Å². The van der Waals surface area contributed by atoms with Crippen LogP contribution in [0.5, 0.6) is 5.75 Å². The molecule has 1 saturated heterocycles. The molecule has 162 valence electrons. The van der Waals surface area contributed by atoms with Crippen molar-refractivity contribution in [1.82, 2.24) is 5.32 Å². The summed E-state index contributed by atoms with van der Waals surface area (Å²) in [5, 5.41) is 3.17. The molecule has 4 aliphatic carbocycles. The first kappa shape index (κ1) is 19.9. The number of carbonyl (C=O) groups excluding carboxylic acids is 2. The van der Waals surface area contributed by atoms with Crippen molar-refractivity contribution in [1.29, 1.82) is 0 Å². The van der Waals surface area contributed by atoms with Crippen molar-refractivity contribution >= 4 is 11.9 Å². The summed E-state index contributed by atoms with van der Waals surface area (Å²) in [6, 6.07) is 7.11. The quantitative estimate of drug-likeness (QED) is 0.694. The van der Waals surface area contributed by atoms with Gasteiger partial charge in [0.15, 0.2) is 6.61 Å². The van der Waals surface area contributed by atoms with Crippen LogP contribution in [-0.2, 0) is 14.3 Å². The molecule has 1 aromatic rings. The summed E-state index contributed by atoms with van der Waals surface area (Å²) in [6.45, 7) is 1.10. The van der Waals surface area contributed by atoms with Gasteiger partial charge >= 0.3 is 5.97 Å². The van der Waals surface area contributed by atoms with E-state index in [1.807, 2.05) is 0 Å². The molecule has 4 bridgehead atoms. The number of nitrogens with one attached hydrogen (secondary N) is 1. The molecule has 1 amide bonds. The molecule has 1 aliphatic heterocycles. The van der Waals surface area contributed by atoms with E-state index in [-0.39, 0.29) is 24.7 Å². The van der Waals surface area contributed by atoms with Crippen molar-refractivity contribution in [3.63, 3.8) is 0 Å². The lowest BCUT2D eigenvalue weighted by molar-refractivity contribution is -0.128. The Balaban J connectivity index is 1.07. The lowest BCUT2D eigenvalue weighted by atomic mass is 9.54. The van der Waals surface area contributed by atoms with E-state index in [4.69, 9.17) is 14.2 Å². The van der Waals surface area contributed by atoms with Crippen LogP contribution in [0.15, 0.2) is 24.3 Å². The Morgan fingerprint density at radius 2 is 1.70 bits per heavy atom. The van der Waals surface area contributed by atoms with Gasteiger partial charge < -0.3 is 19.5 Å². The normalized spacial score (nSPS) is 34.0. The molecule has 30 heavy (non-hydrogen) atoms. The second kappa shape index (κ2) is 8.58. The average molecular weight is 414 g/mol. The topological polar surface area (TPSA) is 73.9 Å². The van der Waals surface area contributed by atoms with E-state index in [9.17, 15) is 9.59 Å². The minimum atomic E-state index is -0.485. The smallest absolute Gasteiger partial charge is 0.338 e. The van der Waals surface area contributed by atoms with Gasteiger partial charge in [0, 0.05) is 12.6 Å². The van der Waals surface area contributed by atoms with E-state index in [0.29, 0.717) is 29.8 Å². The zero-order valence-corrected chi connectivity index (χ0v) is 17.4. The maximum Gasteiger partial charge on any atom is 0.338 e. The third-order valence-electron chi connectivity index (χ3n) is 7.44. The maximum absolute atomic E-state index is 12.4. The van der Waals surface area contributed by atoms with E-state index in [1.165, 1.54) is 32.1 Å². The molecule has 4 saturated carbocycles. The molecule has 1 aromatic carbocycles. The summed E-state index contributed by atoms with van der Waals surface area (Å²) in [5.74, 6) is 3.00. The highest BCUT2D eigenvalue weighted by Gasteiger charge is 2.48. The van der Waals surface area contributed by atoms with Crippen molar-refractivity contribution in [2.45, 2.75) is 57.1 Å². The fourth-order valence-corrected chi connectivity index (χ4v) is 6.26. The van der Waals surface area contributed by atoms with Gasteiger partial charge in [-0.2, -0.15) is 0 Å². The Morgan fingerprint density at radius 3 is 2.33 bits per heavy atom. The minimum absolute atomic E-state index is 0.155. The number of ether oxygens (including phenoxy) is 3. The summed E-state index contributed by atoms with van der Waals surface area (Å²) in [4.78, 5) is 24.7. The largest absolute Gasteiger partial charge is 0.491 e. The van der Waals surface area contributed by atoms with Gasteiger partial charge in [-0.15, -0.1) is 0 Å². The molecule has 1 heterocycles. The highest BCUT2D eigenvalue weighted by Crippen LogP contribution is 2.53. The molecule has 5 aliphatic rings. The van der Waals surface area contributed by atoms with Crippen LogP contribution in [0.2, 0.25) is 0 Å². The molecule has 6 rings (SSSR count). The van der Waals surface area contributed by atoms with Crippen LogP contribution in [-0.4, -0.2) is 43.8 Å². The lowest BCUT2D eigenvalue weighted by Gasteiger charge is -2.54. The predicted octanol–water partition coefficient (Wildman–Crippen LogP) is 3.34. The molecule has 6 heteroatoms. The average Bonchev–Trinajstić information content (AvgIpc) is 3.27. The van der Waals surface area contributed by atoms with Crippen molar-refractivity contribution in [2.24, 2.45) is 23.7 Å². The Morgan fingerprint density at radius 1 is 1.00 bits per heavy atom. The zero-order valence-electron chi connectivity index (χ0n) is 17.4. The molecule has 1 N–H and O–H groups in total. The SMILES string of the molecule is O=C(COC(=O)c1ccc(OC[C@@H]2CCCO2)cc1)NC1C2CC3CC(C2)CC1C3. The molecule has 0 spiro atoms. The van der Waals surface area contributed by atoms with Gasteiger partial charge in [-0.1, -0.05) is 0 Å². The number of hydrogen-bond acceptors (Lipinski definition) is 5. The highest BCUT2D eigenvalue weighted by atomic mass is 16.5. The third kappa shape index (κ3) is 4.34. The number of hydrogen-bond donors (Lipinski definition) is 1. The third-order valence-corrected chi connectivity index (χ3v) is 7.44. The fraction of sp³-hybridized carbons (Fsp3) is 0.667. The van der Waals surface area contributed by atoms with Gasteiger partial charge in [-0.3, -0.25) is 4.79 Å². The number of amides is 1. The van der Waals surface area contributed by atoms with Crippen LogP contribution in [0, 0.1) is 23.7 Å². The lowest BCUT2D eigenvalue weighted by Crippen LogP contribution is -2.56. The summed E-state index contributed by atoms with van der Waals surface area (Å²) in [7, 11) is 0. The first-order valence-electron chi connectivity index (χ1n) is 11.4. The van der Waals surface area contributed by atoms with Crippen molar-refractivity contribution < 1.29 is 23.8 Å². The molecule has 6 nitrogen and oxygen atoms in total. The van der Waals surface area contributed by atoms with Crippen LogP contribution >= 0.6 is 0 Å². The summed E-state index contributed by atoms with van der Waals surface area (Å²) < 4.78 is 16.5. The number of rotatable bonds is 7. The van der Waals surface area contributed by atoms with E-state index in [0.717, 1.165) is 31.3 Å². The number of esters is 1. The van der Waals surface area contributed by atoms with Crippen LogP contribution < -0.4 is 10.1 Å². The summed E-state index contributed by atoms with van der Waals surface area (Å²) >= 11 is 0. The van der Waals surface area contributed by atoms with Gasteiger partial charge in [0.25, 0.3) is 5.91 Å². The first-order chi connectivity index (χ1) is 14.6. The Kier molecular flexibility index (Phi) is 5.68. The fourth-order valence-electron chi connectivity index (χ4n) is 6.26. The van der Waals surface area contributed by atoms with Crippen LogP contribution in [0.3, 0.4) is 0 Å². The van der Waals surface area contributed by atoms with E-state index < -0.39 is 5.97 Å². The second-order valence-electron chi connectivity index (χ2n) is 9.57. The predicted molar refractivity (Wildman–Crippen MR) is 110 cm³/mol. The minimum Gasteiger partial charge on any atom is -0.491 e. The van der Waals surface area contributed by atoms with Crippen molar-refractivity contribution in [3.05, 3.63) is 29.8 Å². The highest BCUT2D eigenvalue weighted by molar-refractivity contribution is 5.91. The second-order valence-corrected chi connectivity index (χ2v) is 9.57. The Bertz CT molecular complexity index is 742. The Labute approximate surface area is 177 Å². The van der Waals surface area contributed by atoms with Crippen LogP contribution in [0.1, 0.15) is 55.3 Å². The molecule has 0 radical (unpaired) electrons. The van der Waals surface area contributed by atoms with Crippen LogP contribution in [0.25, 0.3) is 0 Å². The number of carbonyl (C=O) groups is 2. The monoisotopic (exact) mass is 413 g/mol. The van der Waals surface area contributed by atoms with Crippen molar-refractivity contribution in [2.75, 3.05) is 19.8 Å². The van der Waals surface area contributed by atoms with Gasteiger partial charge in [-0.05, 0) is 92.9 Å². The van der Waals surface area contributed by atoms with Crippen molar-refractivity contribution in [3.8, 4) is 5.75 Å². The molecule has 1 atom stereocenters. The molecular weight excluding hydrogens is 382 g/mol. The van der Waals surface area contributed by atoms with Gasteiger partial charge in [-0.25, -0.2) is 4.79 Å². The first-order valence-corrected chi connectivity index (χ1v) is 11.4. The molecular formula is C24H31NO5. The van der Waals surface area contributed by atoms with Gasteiger partial charge in [0.1, 0.15) is 12.4 Å². The molecule has 5 fully saturated rings. The maximum atomic E-state index is 12.4. The number of benzene rings is 1.